The number of hydrogen-bond acceptors (Lipinski definition) is 13. The second kappa shape index (κ2) is 21.8. The van der Waals surface area contributed by atoms with Gasteiger partial charge in [-0.25, -0.2) is 0 Å². The summed E-state index contributed by atoms with van der Waals surface area (Å²) >= 11 is 0. The molecule has 7 aromatic rings. The van der Waals surface area contributed by atoms with Crippen molar-refractivity contribution in [3.63, 3.8) is 0 Å². The number of benzene rings is 5. The molecule has 0 atom stereocenters. The predicted octanol–water partition coefficient (Wildman–Crippen LogP) is 11.7. The molecule has 0 saturated heterocycles. The van der Waals surface area contributed by atoms with Gasteiger partial charge in [0.1, 0.15) is 11.4 Å². The predicted molar refractivity (Wildman–Crippen MR) is 270 cm³/mol. The molecule has 14 nitrogen and oxygen atoms in total. The van der Waals surface area contributed by atoms with Gasteiger partial charge in [0.25, 0.3) is 0 Å². The Morgan fingerprint density at radius 2 is 1.39 bits per heavy atom. The topological polar surface area (TPSA) is 186 Å². The van der Waals surface area contributed by atoms with Crippen LogP contribution >= 0.6 is 0 Å². The van der Waals surface area contributed by atoms with E-state index in [1.165, 1.54) is 64.2 Å². The maximum absolute atomic E-state index is 14.0. The molecule has 0 radical (unpaired) electrons. The lowest BCUT2D eigenvalue weighted by molar-refractivity contribution is 0.0990. The van der Waals surface area contributed by atoms with E-state index in [4.69, 9.17) is 24.8 Å². The molecule has 0 spiro atoms. The number of ether oxygens (including phenoxy) is 1. The molecular weight excluding hydrogens is 839 g/mol. The average molecular weight is 902 g/mol. The number of hydrogen-bond donors (Lipinski definition) is 7. The van der Waals surface area contributed by atoms with Crippen molar-refractivity contribution < 1.29 is 14.6 Å². The molecule has 0 aliphatic heterocycles. The summed E-state index contributed by atoms with van der Waals surface area (Å²) in [5.41, 5.74) is 5.24. The number of aryl methyl sites for hydroxylation is 1. The number of phenolic OH excluding ortho intramolecular Hbond substituents is 1. The zero-order valence-electron chi connectivity index (χ0n) is 38.8. The Kier molecular flexibility index (Phi) is 14.8. The Hall–Kier alpha value is -6.64. The number of anilines is 4. The van der Waals surface area contributed by atoms with Crippen molar-refractivity contribution in [3.8, 4) is 11.5 Å². The summed E-state index contributed by atoms with van der Waals surface area (Å²) in [5.74, 6) is 1.71. The number of carbonyl (C=O) groups is 1. The van der Waals surface area contributed by atoms with Gasteiger partial charge in [0.15, 0.2) is 11.5 Å². The van der Waals surface area contributed by atoms with Gasteiger partial charge in [-0.3, -0.25) is 4.79 Å². The smallest absolute Gasteiger partial charge is 0.233 e. The fraction of sp³-hybridized carbons (Fsp3) is 0.396. The van der Waals surface area contributed by atoms with E-state index in [9.17, 15) is 9.90 Å². The van der Waals surface area contributed by atoms with Crippen molar-refractivity contribution in [2.24, 2.45) is 10.2 Å². The highest BCUT2D eigenvalue weighted by molar-refractivity contribution is 6.22. The first-order valence-electron chi connectivity index (χ1n) is 24.2. The summed E-state index contributed by atoms with van der Waals surface area (Å²) in [5, 5.41) is 42.4. The SMILES string of the molecule is COc1ccc(CC(=O)c2cc3ccc4c5ccccc5[nH]c4c3c(N=Nc3ccc(Nc4nc(NCCCNC5CCCCC5)nc(NCCCNC5CCCCC5)n4)cc3)c2O)c(C)c1. The van der Waals surface area contributed by atoms with Gasteiger partial charge in [-0.1, -0.05) is 74.9 Å². The monoisotopic (exact) mass is 902 g/mol. The number of aromatic amines is 1. The minimum atomic E-state index is -0.232. The summed E-state index contributed by atoms with van der Waals surface area (Å²) in [7, 11) is 1.62. The lowest BCUT2D eigenvalue weighted by Crippen LogP contribution is -2.32. The van der Waals surface area contributed by atoms with Gasteiger partial charge in [0.2, 0.25) is 17.8 Å². The summed E-state index contributed by atoms with van der Waals surface area (Å²) < 4.78 is 5.38. The van der Waals surface area contributed by atoms with E-state index in [-0.39, 0.29) is 29.2 Å². The number of Topliss-reactive ketones (excluding diaryl/α,β-unsaturated/α-hetero) is 1. The minimum Gasteiger partial charge on any atom is -0.505 e. The number of phenols is 1. The van der Waals surface area contributed by atoms with Crippen LogP contribution in [0.15, 0.2) is 95.2 Å². The summed E-state index contributed by atoms with van der Waals surface area (Å²) in [4.78, 5) is 31.7. The van der Waals surface area contributed by atoms with Crippen LogP contribution in [0.3, 0.4) is 0 Å². The van der Waals surface area contributed by atoms with Crippen LogP contribution in [-0.4, -0.2) is 76.2 Å². The quantitative estimate of drug-likeness (QED) is 0.0219. The summed E-state index contributed by atoms with van der Waals surface area (Å²) in [6.07, 6.45) is 15.1. The van der Waals surface area contributed by atoms with Crippen LogP contribution in [0.1, 0.15) is 98.5 Å². The Balaban J connectivity index is 0.935. The van der Waals surface area contributed by atoms with E-state index in [0.29, 0.717) is 41.0 Å². The highest BCUT2D eigenvalue weighted by atomic mass is 16.5. The van der Waals surface area contributed by atoms with Crippen molar-refractivity contribution >= 4 is 73.3 Å². The highest BCUT2D eigenvalue weighted by Gasteiger charge is 2.22. The van der Waals surface area contributed by atoms with Gasteiger partial charge in [-0.15, -0.1) is 5.11 Å². The number of azo groups is 1. The number of fused-ring (bicyclic) bond motifs is 5. The fourth-order valence-electron chi connectivity index (χ4n) is 9.59. The van der Waals surface area contributed by atoms with Crippen LogP contribution in [0.2, 0.25) is 0 Å². The number of aromatic nitrogens is 4. The highest BCUT2D eigenvalue weighted by Crippen LogP contribution is 2.44. The molecule has 0 amide bonds. The maximum Gasteiger partial charge on any atom is 0.233 e. The molecule has 67 heavy (non-hydrogen) atoms. The number of aromatic hydroxyl groups is 1. The number of ketones is 1. The van der Waals surface area contributed by atoms with E-state index < -0.39 is 0 Å². The van der Waals surface area contributed by atoms with Gasteiger partial charge < -0.3 is 41.4 Å². The van der Waals surface area contributed by atoms with E-state index in [1.54, 1.807) is 13.2 Å². The molecule has 9 rings (SSSR count). The molecule has 0 unspecified atom stereocenters. The number of para-hydroxylation sites is 1. The molecule has 7 N–H and O–H groups in total. The molecule has 2 saturated carbocycles. The summed E-state index contributed by atoms with van der Waals surface area (Å²) in [6, 6.07) is 28.2. The molecular formula is C53H63N11O3. The number of H-pyrrole nitrogens is 1. The van der Waals surface area contributed by atoms with Gasteiger partial charge in [0, 0.05) is 59.0 Å². The van der Waals surface area contributed by atoms with Crippen molar-refractivity contribution in [1.82, 2.24) is 30.6 Å². The van der Waals surface area contributed by atoms with Crippen molar-refractivity contribution in [2.75, 3.05) is 49.2 Å². The third-order valence-corrected chi connectivity index (χ3v) is 13.3. The third-order valence-electron chi connectivity index (χ3n) is 13.3. The molecule has 2 fully saturated rings. The minimum absolute atomic E-state index is 0.0978. The van der Waals surface area contributed by atoms with E-state index >= 15 is 0 Å². The van der Waals surface area contributed by atoms with Gasteiger partial charge >= 0.3 is 0 Å². The first-order chi connectivity index (χ1) is 32.9. The normalized spacial score (nSPS) is 14.9. The molecule has 2 heterocycles. The first kappa shape index (κ1) is 45.5. The molecule has 5 aromatic carbocycles. The Morgan fingerprint density at radius 3 is 2.04 bits per heavy atom. The standard InChI is InChI=1S/C53H63N11O3/c1-34-31-41(67-2)25-19-35(34)33-46(65)44-32-36-20-26-43-42-17-9-10-18-45(42)59-48(43)47(36)49(50(44)66)64-63-40-23-21-39(22-24-40)58-53-61-51(56-29-11-27-54-37-13-5-3-6-14-37)60-52(62-53)57-30-12-28-55-38-15-7-4-8-16-38/h9-10,17-26,31-32,37-38,54-55,59,66H,3-8,11-16,27-30,33H2,1-2H3,(H3,56,57,58,60,61,62). The number of nitrogens with zero attached hydrogens (tertiary/aromatic N) is 5. The van der Waals surface area contributed by atoms with Crippen molar-refractivity contribution in [3.05, 3.63) is 102 Å². The van der Waals surface area contributed by atoms with Gasteiger partial charge in [-0.05, 0) is 124 Å². The second-order valence-electron chi connectivity index (χ2n) is 18.1. The van der Waals surface area contributed by atoms with Crippen LogP contribution < -0.4 is 31.3 Å². The van der Waals surface area contributed by atoms with Crippen molar-refractivity contribution in [2.45, 2.75) is 102 Å². The molecule has 2 aliphatic carbocycles. The molecule has 2 aromatic heterocycles. The van der Waals surface area contributed by atoms with Crippen LogP contribution in [0.5, 0.6) is 11.5 Å². The Labute approximate surface area is 392 Å². The first-order valence-corrected chi connectivity index (χ1v) is 24.2. The van der Waals surface area contributed by atoms with Gasteiger partial charge in [0.05, 0.1) is 23.9 Å². The Morgan fingerprint density at radius 1 is 0.731 bits per heavy atom. The van der Waals surface area contributed by atoms with Crippen molar-refractivity contribution in [1.29, 1.82) is 0 Å². The average Bonchev–Trinajstić information content (AvgIpc) is 3.74. The molecule has 14 heteroatoms. The van der Waals surface area contributed by atoms with Crippen LogP contribution in [-0.2, 0) is 6.42 Å². The van der Waals surface area contributed by atoms with Crippen LogP contribution in [0, 0.1) is 6.92 Å². The van der Waals surface area contributed by atoms with Gasteiger partial charge in [-0.2, -0.15) is 20.1 Å². The molecule has 348 valence electrons. The maximum atomic E-state index is 14.0. The van der Waals surface area contributed by atoms with E-state index in [2.05, 4.69) is 42.7 Å². The number of carbonyl (C=O) groups excluding carboxylic acids is 1. The van der Waals surface area contributed by atoms with E-state index in [1.807, 2.05) is 79.7 Å². The van der Waals surface area contributed by atoms with Crippen LogP contribution in [0.4, 0.5) is 34.9 Å². The molecule has 0 bridgehead atoms. The van der Waals surface area contributed by atoms with Crippen LogP contribution in [0.25, 0.3) is 32.6 Å². The summed E-state index contributed by atoms with van der Waals surface area (Å²) in [6.45, 7) is 5.33. The van der Waals surface area contributed by atoms with E-state index in [0.717, 1.165) is 88.8 Å². The zero-order valence-corrected chi connectivity index (χ0v) is 38.8. The molecule has 2 aliphatic rings. The number of nitrogens with one attached hydrogen (secondary N) is 6. The Bertz CT molecular complexity index is 2780. The number of methoxy groups -OCH3 is 1. The number of rotatable bonds is 20. The lowest BCUT2D eigenvalue weighted by atomic mass is 9.95. The largest absolute Gasteiger partial charge is 0.505 e. The third kappa shape index (κ3) is 11.3. The lowest BCUT2D eigenvalue weighted by Gasteiger charge is -2.22. The fourth-order valence-corrected chi connectivity index (χ4v) is 9.59. The second-order valence-corrected chi connectivity index (χ2v) is 18.1. The zero-order chi connectivity index (χ0) is 46.0.